The van der Waals surface area contributed by atoms with Crippen molar-refractivity contribution in [2.75, 3.05) is 0 Å². The minimum atomic E-state index is -0.468. The first-order valence-corrected chi connectivity index (χ1v) is 6.96. The highest BCUT2D eigenvalue weighted by Gasteiger charge is 2.04. The van der Waals surface area contributed by atoms with Crippen molar-refractivity contribution in [1.82, 2.24) is 5.32 Å². The summed E-state index contributed by atoms with van der Waals surface area (Å²) >= 11 is 11.6. The van der Waals surface area contributed by atoms with Crippen molar-refractivity contribution >= 4 is 35.2 Å². The Labute approximate surface area is 132 Å². The van der Waals surface area contributed by atoms with E-state index in [0.29, 0.717) is 11.6 Å². The van der Waals surface area contributed by atoms with Gasteiger partial charge in [0, 0.05) is 23.2 Å². The predicted octanol–water partition coefficient (Wildman–Crippen LogP) is 4.46. The van der Waals surface area contributed by atoms with Crippen LogP contribution in [0.5, 0.6) is 0 Å². The zero-order valence-electron chi connectivity index (χ0n) is 10.9. The van der Waals surface area contributed by atoms with Gasteiger partial charge >= 0.3 is 0 Å². The number of hydrogen-bond donors (Lipinski definition) is 1. The van der Waals surface area contributed by atoms with Gasteiger partial charge in [0.25, 0.3) is 0 Å². The normalized spacial score (nSPS) is 10.8. The van der Waals surface area contributed by atoms with E-state index >= 15 is 0 Å². The smallest absolute Gasteiger partial charge is 0.244 e. The number of carbonyl (C=O) groups is 1. The number of halogens is 3. The zero-order chi connectivity index (χ0) is 15.2. The van der Waals surface area contributed by atoms with Crippen LogP contribution in [0.4, 0.5) is 4.39 Å². The van der Waals surface area contributed by atoms with Crippen molar-refractivity contribution in [3.8, 4) is 0 Å². The van der Waals surface area contributed by atoms with Crippen molar-refractivity contribution in [3.63, 3.8) is 0 Å². The van der Waals surface area contributed by atoms with Crippen LogP contribution in [-0.4, -0.2) is 5.91 Å². The maximum Gasteiger partial charge on any atom is 0.244 e. The molecule has 0 spiro atoms. The predicted molar refractivity (Wildman–Crippen MR) is 83.7 cm³/mol. The van der Waals surface area contributed by atoms with Crippen LogP contribution in [0.25, 0.3) is 6.08 Å². The topological polar surface area (TPSA) is 29.1 Å². The molecular formula is C16H12Cl2FNO. The van der Waals surface area contributed by atoms with E-state index in [1.165, 1.54) is 24.3 Å². The monoisotopic (exact) mass is 323 g/mol. The molecule has 21 heavy (non-hydrogen) atoms. The fourth-order valence-electron chi connectivity index (χ4n) is 1.68. The molecule has 0 radical (unpaired) electrons. The van der Waals surface area contributed by atoms with Gasteiger partial charge in [0.1, 0.15) is 5.82 Å². The van der Waals surface area contributed by atoms with E-state index in [4.69, 9.17) is 23.2 Å². The maximum absolute atomic E-state index is 13.5. The van der Waals surface area contributed by atoms with Crippen LogP contribution in [0, 0.1) is 5.82 Å². The first kappa shape index (κ1) is 15.5. The third-order valence-electron chi connectivity index (χ3n) is 2.78. The molecule has 0 unspecified atom stereocenters. The Hall–Kier alpha value is -1.84. The Balaban J connectivity index is 1.95. The molecule has 1 N–H and O–H groups in total. The Morgan fingerprint density at radius 3 is 2.52 bits per heavy atom. The standard InChI is InChI=1S/C16H12Cl2FNO/c17-12-6-4-11(5-7-12)10-20-16(21)9-8-13-14(18)2-1-3-15(13)19/h1-9H,10H2,(H,20,21). The molecule has 0 fully saturated rings. The average Bonchev–Trinajstić information content (AvgIpc) is 2.46. The first-order valence-electron chi connectivity index (χ1n) is 6.20. The number of nitrogens with one attached hydrogen (secondary N) is 1. The summed E-state index contributed by atoms with van der Waals surface area (Å²) in [7, 11) is 0. The lowest BCUT2D eigenvalue weighted by atomic mass is 10.2. The second kappa shape index (κ2) is 7.25. The van der Waals surface area contributed by atoms with Crippen LogP contribution in [0.1, 0.15) is 11.1 Å². The van der Waals surface area contributed by atoms with E-state index in [-0.39, 0.29) is 16.5 Å². The largest absolute Gasteiger partial charge is 0.348 e. The number of rotatable bonds is 4. The van der Waals surface area contributed by atoms with Crippen LogP contribution < -0.4 is 5.32 Å². The number of amides is 1. The number of benzene rings is 2. The summed E-state index contributed by atoms with van der Waals surface area (Å²) in [4.78, 5) is 11.7. The summed E-state index contributed by atoms with van der Waals surface area (Å²) in [6.45, 7) is 0.366. The lowest BCUT2D eigenvalue weighted by Gasteiger charge is -2.03. The van der Waals surface area contributed by atoms with Crippen molar-refractivity contribution in [2.45, 2.75) is 6.54 Å². The van der Waals surface area contributed by atoms with Gasteiger partial charge in [-0.15, -0.1) is 0 Å². The van der Waals surface area contributed by atoms with E-state index in [1.54, 1.807) is 18.2 Å². The van der Waals surface area contributed by atoms with Crippen molar-refractivity contribution in [1.29, 1.82) is 0 Å². The minimum Gasteiger partial charge on any atom is -0.348 e. The first-order chi connectivity index (χ1) is 10.1. The second-order valence-electron chi connectivity index (χ2n) is 4.31. The summed E-state index contributed by atoms with van der Waals surface area (Å²) in [5.41, 5.74) is 1.12. The molecule has 2 nitrogen and oxygen atoms in total. The van der Waals surface area contributed by atoms with Crippen LogP contribution in [-0.2, 0) is 11.3 Å². The Kier molecular flexibility index (Phi) is 5.37. The Bertz CT molecular complexity index is 648. The number of hydrogen-bond acceptors (Lipinski definition) is 1. The molecule has 0 saturated heterocycles. The average molecular weight is 324 g/mol. The molecule has 108 valence electrons. The Morgan fingerprint density at radius 1 is 1.14 bits per heavy atom. The van der Waals surface area contributed by atoms with Gasteiger partial charge in [-0.1, -0.05) is 41.4 Å². The Morgan fingerprint density at radius 2 is 1.86 bits per heavy atom. The summed E-state index contributed by atoms with van der Waals surface area (Å²) in [5.74, 6) is -0.798. The molecule has 0 saturated carbocycles. The van der Waals surface area contributed by atoms with E-state index in [1.807, 2.05) is 12.1 Å². The van der Waals surface area contributed by atoms with Gasteiger partial charge in [-0.2, -0.15) is 0 Å². The summed E-state index contributed by atoms with van der Waals surface area (Å²) in [6, 6.07) is 11.5. The fraction of sp³-hybridized carbons (Fsp3) is 0.0625. The molecular weight excluding hydrogens is 312 g/mol. The highest BCUT2D eigenvalue weighted by atomic mass is 35.5. The third kappa shape index (κ3) is 4.59. The lowest BCUT2D eigenvalue weighted by molar-refractivity contribution is -0.116. The van der Waals surface area contributed by atoms with Gasteiger partial charge < -0.3 is 5.32 Å². The van der Waals surface area contributed by atoms with Crippen molar-refractivity contribution in [3.05, 3.63) is 75.5 Å². The van der Waals surface area contributed by atoms with Gasteiger partial charge in [0.15, 0.2) is 0 Å². The summed E-state index contributed by atoms with van der Waals surface area (Å²) in [5, 5.41) is 3.59. The lowest BCUT2D eigenvalue weighted by Crippen LogP contribution is -2.20. The zero-order valence-corrected chi connectivity index (χ0v) is 12.5. The SMILES string of the molecule is O=C(C=Cc1c(F)cccc1Cl)NCc1ccc(Cl)cc1. The van der Waals surface area contributed by atoms with Crippen molar-refractivity contribution < 1.29 is 9.18 Å². The van der Waals surface area contributed by atoms with Crippen molar-refractivity contribution in [2.24, 2.45) is 0 Å². The van der Waals surface area contributed by atoms with Gasteiger partial charge in [-0.05, 0) is 35.9 Å². The second-order valence-corrected chi connectivity index (χ2v) is 5.16. The third-order valence-corrected chi connectivity index (χ3v) is 3.36. The quantitative estimate of drug-likeness (QED) is 0.827. The highest BCUT2D eigenvalue weighted by molar-refractivity contribution is 6.32. The van der Waals surface area contributed by atoms with Crippen LogP contribution in [0.2, 0.25) is 10.0 Å². The van der Waals surface area contributed by atoms with Gasteiger partial charge in [-0.3, -0.25) is 4.79 Å². The molecule has 2 rings (SSSR count). The molecule has 0 aliphatic rings. The van der Waals surface area contributed by atoms with Gasteiger partial charge in [0.05, 0.1) is 5.02 Å². The molecule has 0 atom stereocenters. The minimum absolute atomic E-state index is 0.195. The molecule has 2 aromatic rings. The fourth-order valence-corrected chi connectivity index (χ4v) is 2.03. The van der Waals surface area contributed by atoms with Gasteiger partial charge in [0.2, 0.25) is 5.91 Å². The van der Waals surface area contributed by atoms with Crippen LogP contribution in [0.15, 0.2) is 48.5 Å². The number of carbonyl (C=O) groups excluding carboxylic acids is 1. The maximum atomic E-state index is 13.5. The van der Waals surface area contributed by atoms with E-state index in [0.717, 1.165) is 5.56 Å². The molecule has 0 aliphatic carbocycles. The van der Waals surface area contributed by atoms with E-state index < -0.39 is 5.82 Å². The van der Waals surface area contributed by atoms with E-state index in [9.17, 15) is 9.18 Å². The molecule has 0 aliphatic heterocycles. The van der Waals surface area contributed by atoms with Gasteiger partial charge in [-0.25, -0.2) is 4.39 Å². The van der Waals surface area contributed by atoms with Crippen LogP contribution >= 0.6 is 23.2 Å². The molecule has 0 bridgehead atoms. The molecule has 1 amide bonds. The molecule has 2 aromatic carbocycles. The summed E-state index contributed by atoms with van der Waals surface area (Å²) < 4.78 is 13.5. The molecule has 0 aromatic heterocycles. The van der Waals surface area contributed by atoms with E-state index in [2.05, 4.69) is 5.32 Å². The summed E-state index contributed by atoms with van der Waals surface area (Å²) in [6.07, 6.45) is 2.61. The molecule has 0 heterocycles. The highest BCUT2D eigenvalue weighted by Crippen LogP contribution is 2.20. The van der Waals surface area contributed by atoms with Crippen LogP contribution in [0.3, 0.4) is 0 Å². The molecule has 5 heteroatoms.